The number of nitrogens with zero attached hydrogens (tertiary/aromatic N) is 2. The molecule has 0 amide bonds. The molecular weight excluding hydrogens is 242 g/mol. The minimum absolute atomic E-state index is 0.302. The van der Waals surface area contributed by atoms with Crippen LogP contribution in [0.1, 0.15) is 22.7 Å². The second-order valence-corrected chi connectivity index (χ2v) is 5.70. The standard InChI is InChI=1S/C14H15N3S/c1-10-6-7-12(18-10)11(2)16-14-5-3-4-13-15-8-9-17(13)14/h3-9,11,16H,1-2H3. The molecule has 3 aromatic rings. The summed E-state index contributed by atoms with van der Waals surface area (Å²) < 4.78 is 2.07. The number of hydrogen-bond donors (Lipinski definition) is 1. The maximum Gasteiger partial charge on any atom is 0.138 e. The molecule has 3 rings (SSSR count). The van der Waals surface area contributed by atoms with E-state index in [0.717, 1.165) is 11.5 Å². The van der Waals surface area contributed by atoms with Crippen molar-refractivity contribution >= 4 is 22.8 Å². The molecule has 1 unspecified atom stereocenters. The first kappa shape index (κ1) is 11.3. The fraction of sp³-hybridized carbons (Fsp3) is 0.214. The number of aromatic nitrogens is 2. The van der Waals surface area contributed by atoms with Crippen LogP contribution in [0.15, 0.2) is 42.7 Å². The summed E-state index contributed by atoms with van der Waals surface area (Å²) >= 11 is 1.84. The molecule has 0 spiro atoms. The van der Waals surface area contributed by atoms with E-state index in [4.69, 9.17) is 0 Å². The van der Waals surface area contributed by atoms with Gasteiger partial charge < -0.3 is 5.32 Å². The molecule has 1 atom stereocenters. The zero-order valence-electron chi connectivity index (χ0n) is 10.4. The molecule has 0 aliphatic heterocycles. The second kappa shape index (κ2) is 4.46. The molecule has 0 radical (unpaired) electrons. The first-order valence-corrected chi connectivity index (χ1v) is 6.80. The summed E-state index contributed by atoms with van der Waals surface area (Å²) in [5, 5.41) is 3.53. The number of imidazole rings is 1. The number of aryl methyl sites for hydroxylation is 1. The molecule has 0 saturated heterocycles. The minimum Gasteiger partial charge on any atom is -0.364 e. The normalized spacial score (nSPS) is 12.8. The molecule has 0 fully saturated rings. The Hall–Kier alpha value is -1.81. The lowest BCUT2D eigenvalue weighted by atomic mass is 10.2. The minimum atomic E-state index is 0.302. The van der Waals surface area contributed by atoms with E-state index in [9.17, 15) is 0 Å². The van der Waals surface area contributed by atoms with Crippen LogP contribution in [0.3, 0.4) is 0 Å². The lowest BCUT2D eigenvalue weighted by Gasteiger charge is -2.15. The number of anilines is 1. The fourth-order valence-electron chi connectivity index (χ4n) is 2.04. The molecule has 3 heterocycles. The van der Waals surface area contributed by atoms with Gasteiger partial charge in [-0.05, 0) is 38.1 Å². The second-order valence-electron chi connectivity index (χ2n) is 4.38. The number of fused-ring (bicyclic) bond motifs is 1. The molecule has 92 valence electrons. The highest BCUT2D eigenvalue weighted by Crippen LogP contribution is 2.25. The lowest BCUT2D eigenvalue weighted by molar-refractivity contribution is 0.889. The number of pyridine rings is 1. The molecule has 0 aromatic carbocycles. The third-order valence-electron chi connectivity index (χ3n) is 2.98. The van der Waals surface area contributed by atoms with Gasteiger partial charge in [0, 0.05) is 22.1 Å². The zero-order valence-corrected chi connectivity index (χ0v) is 11.2. The van der Waals surface area contributed by atoms with Crippen molar-refractivity contribution in [3.63, 3.8) is 0 Å². The Balaban J connectivity index is 1.90. The van der Waals surface area contributed by atoms with Crippen molar-refractivity contribution in [3.05, 3.63) is 52.5 Å². The largest absolute Gasteiger partial charge is 0.364 e. The molecule has 0 saturated carbocycles. The van der Waals surface area contributed by atoms with Gasteiger partial charge in [0.1, 0.15) is 11.5 Å². The van der Waals surface area contributed by atoms with Crippen LogP contribution in [0, 0.1) is 6.92 Å². The zero-order chi connectivity index (χ0) is 12.5. The predicted octanol–water partition coefficient (Wildman–Crippen LogP) is 3.88. The number of rotatable bonds is 3. The highest BCUT2D eigenvalue weighted by Gasteiger charge is 2.09. The smallest absolute Gasteiger partial charge is 0.138 e. The molecule has 1 N–H and O–H groups in total. The summed E-state index contributed by atoms with van der Waals surface area (Å²) in [4.78, 5) is 6.99. The van der Waals surface area contributed by atoms with Crippen LogP contribution < -0.4 is 5.32 Å². The average Bonchev–Trinajstić information content (AvgIpc) is 2.97. The van der Waals surface area contributed by atoms with E-state index < -0.39 is 0 Å². The van der Waals surface area contributed by atoms with Crippen LogP contribution >= 0.6 is 11.3 Å². The third-order valence-corrected chi connectivity index (χ3v) is 4.16. The number of hydrogen-bond acceptors (Lipinski definition) is 3. The van der Waals surface area contributed by atoms with Crippen LogP contribution in [0.5, 0.6) is 0 Å². The molecule has 0 aliphatic carbocycles. The van der Waals surface area contributed by atoms with Crippen molar-refractivity contribution in [3.8, 4) is 0 Å². The van der Waals surface area contributed by atoms with Gasteiger partial charge in [0.15, 0.2) is 0 Å². The first-order chi connectivity index (χ1) is 8.74. The number of thiophene rings is 1. The van der Waals surface area contributed by atoms with Gasteiger partial charge in [-0.15, -0.1) is 11.3 Å². The van der Waals surface area contributed by atoms with Crippen molar-refractivity contribution in [2.24, 2.45) is 0 Å². The van der Waals surface area contributed by atoms with Crippen LogP contribution in [0.25, 0.3) is 5.65 Å². The average molecular weight is 257 g/mol. The van der Waals surface area contributed by atoms with E-state index in [1.54, 1.807) is 0 Å². The maximum absolute atomic E-state index is 4.29. The van der Waals surface area contributed by atoms with Crippen LogP contribution in [0.4, 0.5) is 5.82 Å². The van der Waals surface area contributed by atoms with Gasteiger partial charge in [0.05, 0.1) is 6.04 Å². The summed E-state index contributed by atoms with van der Waals surface area (Å²) in [6.07, 6.45) is 3.80. The van der Waals surface area contributed by atoms with E-state index in [0.29, 0.717) is 6.04 Å². The summed E-state index contributed by atoms with van der Waals surface area (Å²) in [7, 11) is 0. The summed E-state index contributed by atoms with van der Waals surface area (Å²) in [5.41, 5.74) is 0.967. The topological polar surface area (TPSA) is 29.3 Å². The van der Waals surface area contributed by atoms with Gasteiger partial charge in [-0.1, -0.05) is 6.07 Å². The van der Waals surface area contributed by atoms with E-state index in [1.807, 2.05) is 35.9 Å². The summed E-state index contributed by atoms with van der Waals surface area (Å²) in [6, 6.07) is 10.8. The molecular formula is C14H15N3S. The Morgan fingerprint density at radius 2 is 2.17 bits per heavy atom. The van der Waals surface area contributed by atoms with Gasteiger partial charge in [-0.2, -0.15) is 0 Å². The van der Waals surface area contributed by atoms with Crippen LogP contribution in [-0.2, 0) is 0 Å². The van der Waals surface area contributed by atoms with Gasteiger partial charge in [-0.3, -0.25) is 4.40 Å². The highest BCUT2D eigenvalue weighted by atomic mass is 32.1. The van der Waals surface area contributed by atoms with Crippen LogP contribution in [-0.4, -0.2) is 9.38 Å². The van der Waals surface area contributed by atoms with E-state index in [1.165, 1.54) is 9.75 Å². The Morgan fingerprint density at radius 3 is 2.94 bits per heavy atom. The summed E-state index contributed by atoms with van der Waals surface area (Å²) in [6.45, 7) is 4.32. The summed E-state index contributed by atoms with van der Waals surface area (Å²) in [5.74, 6) is 1.07. The van der Waals surface area contributed by atoms with Crippen LogP contribution in [0.2, 0.25) is 0 Å². The van der Waals surface area contributed by atoms with Crippen molar-refractivity contribution in [2.75, 3.05) is 5.32 Å². The SMILES string of the molecule is Cc1ccc(C(C)Nc2cccc3nccn23)s1. The van der Waals surface area contributed by atoms with Gasteiger partial charge in [-0.25, -0.2) is 4.98 Å². The molecule has 4 heteroatoms. The van der Waals surface area contributed by atoms with Crippen molar-refractivity contribution in [2.45, 2.75) is 19.9 Å². The molecule has 3 nitrogen and oxygen atoms in total. The van der Waals surface area contributed by atoms with Crippen molar-refractivity contribution < 1.29 is 0 Å². The quantitative estimate of drug-likeness (QED) is 0.771. The Labute approximate surface area is 110 Å². The third kappa shape index (κ3) is 1.99. The van der Waals surface area contributed by atoms with Gasteiger partial charge in [0.25, 0.3) is 0 Å². The van der Waals surface area contributed by atoms with E-state index >= 15 is 0 Å². The van der Waals surface area contributed by atoms with Gasteiger partial charge in [0.2, 0.25) is 0 Å². The van der Waals surface area contributed by atoms with E-state index in [2.05, 4.69) is 46.7 Å². The number of nitrogens with one attached hydrogen (secondary N) is 1. The molecule has 18 heavy (non-hydrogen) atoms. The molecule has 3 aromatic heterocycles. The fourth-order valence-corrected chi connectivity index (χ4v) is 2.92. The molecule has 0 bridgehead atoms. The highest BCUT2D eigenvalue weighted by molar-refractivity contribution is 7.12. The predicted molar refractivity (Wildman–Crippen MR) is 76.3 cm³/mol. The molecule has 0 aliphatic rings. The van der Waals surface area contributed by atoms with Crippen molar-refractivity contribution in [1.82, 2.24) is 9.38 Å². The first-order valence-electron chi connectivity index (χ1n) is 5.99. The Bertz CT molecular complexity index is 668. The van der Waals surface area contributed by atoms with Crippen molar-refractivity contribution in [1.29, 1.82) is 0 Å². The van der Waals surface area contributed by atoms with Gasteiger partial charge >= 0.3 is 0 Å². The monoisotopic (exact) mass is 257 g/mol. The lowest BCUT2D eigenvalue weighted by Crippen LogP contribution is -2.07. The maximum atomic E-state index is 4.29. The Kier molecular flexibility index (Phi) is 2.80. The Morgan fingerprint density at radius 1 is 1.28 bits per heavy atom. The van der Waals surface area contributed by atoms with E-state index in [-0.39, 0.29) is 0 Å².